The second-order valence-corrected chi connectivity index (χ2v) is 5.73. The number of Topliss-reactive ketones (excluding diaryl/α,β-unsaturated/α-hetero) is 1. The third kappa shape index (κ3) is 1.37. The summed E-state index contributed by atoms with van der Waals surface area (Å²) in [7, 11) is 0. The van der Waals surface area contributed by atoms with Crippen LogP contribution in [0.2, 0.25) is 0 Å². The van der Waals surface area contributed by atoms with E-state index < -0.39 is 0 Å². The van der Waals surface area contributed by atoms with Crippen LogP contribution in [0.3, 0.4) is 0 Å². The Kier molecular flexibility index (Phi) is 2.18. The number of ketones is 1. The molecule has 80 valence electrons. The largest absolute Gasteiger partial charge is 0.327 e. The van der Waals surface area contributed by atoms with Crippen LogP contribution >= 0.6 is 11.3 Å². The van der Waals surface area contributed by atoms with E-state index in [0.29, 0.717) is 17.6 Å². The van der Waals surface area contributed by atoms with Crippen LogP contribution in [0.4, 0.5) is 0 Å². The Morgan fingerprint density at radius 3 is 2.80 bits per heavy atom. The van der Waals surface area contributed by atoms with Crippen molar-refractivity contribution in [2.24, 2.45) is 23.5 Å². The van der Waals surface area contributed by atoms with E-state index in [1.165, 1.54) is 19.3 Å². The zero-order chi connectivity index (χ0) is 10.4. The highest BCUT2D eigenvalue weighted by atomic mass is 32.1. The second kappa shape index (κ2) is 3.42. The van der Waals surface area contributed by atoms with Gasteiger partial charge in [-0.2, -0.15) is 0 Å². The molecule has 2 aliphatic rings. The van der Waals surface area contributed by atoms with Crippen molar-refractivity contribution < 1.29 is 4.79 Å². The number of nitrogens with two attached hydrogens (primary N) is 1. The van der Waals surface area contributed by atoms with Gasteiger partial charge >= 0.3 is 0 Å². The van der Waals surface area contributed by atoms with Gasteiger partial charge in [-0.05, 0) is 42.5 Å². The lowest BCUT2D eigenvalue weighted by Gasteiger charge is -2.26. The minimum Gasteiger partial charge on any atom is -0.327 e. The first-order valence-corrected chi connectivity index (χ1v) is 6.48. The molecule has 2 nitrogen and oxygen atoms in total. The highest BCUT2D eigenvalue weighted by Gasteiger charge is 2.49. The smallest absolute Gasteiger partial charge is 0.177 e. The summed E-state index contributed by atoms with van der Waals surface area (Å²) >= 11 is 1.54. The average molecular weight is 221 g/mol. The quantitative estimate of drug-likeness (QED) is 0.779. The minimum atomic E-state index is 0.113. The van der Waals surface area contributed by atoms with Gasteiger partial charge in [0.1, 0.15) is 0 Å². The van der Waals surface area contributed by atoms with E-state index in [1.807, 2.05) is 17.5 Å². The summed E-state index contributed by atoms with van der Waals surface area (Å²) < 4.78 is 0. The Labute approximate surface area is 93.5 Å². The number of thiophene rings is 1. The molecule has 0 spiro atoms. The summed E-state index contributed by atoms with van der Waals surface area (Å²) in [6, 6.07) is 3.99. The fraction of sp³-hybridized carbons (Fsp3) is 0.583. The molecule has 0 aromatic carbocycles. The molecule has 2 aliphatic carbocycles. The number of carbonyl (C=O) groups is 1. The molecule has 4 atom stereocenters. The van der Waals surface area contributed by atoms with Crippen LogP contribution in [0, 0.1) is 17.8 Å². The van der Waals surface area contributed by atoms with Gasteiger partial charge in [0.05, 0.1) is 4.88 Å². The molecule has 0 radical (unpaired) electrons. The van der Waals surface area contributed by atoms with Crippen LogP contribution < -0.4 is 5.73 Å². The Morgan fingerprint density at radius 2 is 2.20 bits per heavy atom. The minimum absolute atomic E-state index is 0.113. The van der Waals surface area contributed by atoms with E-state index in [0.717, 1.165) is 4.88 Å². The van der Waals surface area contributed by atoms with E-state index in [-0.39, 0.29) is 12.0 Å². The topological polar surface area (TPSA) is 43.1 Å². The standard InChI is InChI=1S/C12H15NOS/c13-11-8-4-3-7(6-8)10(11)12(14)9-2-1-5-15-9/h1-2,5,7-8,10-11H,3-4,6,13H2. The SMILES string of the molecule is NC1C2CCC(C2)C1C(=O)c1cccs1. The highest BCUT2D eigenvalue weighted by Crippen LogP contribution is 2.48. The first kappa shape index (κ1) is 9.55. The van der Waals surface area contributed by atoms with Crippen molar-refractivity contribution in [2.75, 3.05) is 0 Å². The maximum Gasteiger partial charge on any atom is 0.177 e. The van der Waals surface area contributed by atoms with E-state index >= 15 is 0 Å². The van der Waals surface area contributed by atoms with Gasteiger partial charge in [0.25, 0.3) is 0 Å². The van der Waals surface area contributed by atoms with Gasteiger partial charge in [0, 0.05) is 12.0 Å². The zero-order valence-electron chi connectivity index (χ0n) is 8.56. The molecule has 3 heteroatoms. The third-order valence-electron chi connectivity index (χ3n) is 4.05. The average Bonchev–Trinajstić information content (AvgIpc) is 2.93. The summed E-state index contributed by atoms with van der Waals surface area (Å²) in [5.41, 5.74) is 6.15. The molecule has 1 aromatic heterocycles. The molecule has 0 amide bonds. The van der Waals surface area contributed by atoms with Gasteiger partial charge in [-0.15, -0.1) is 11.3 Å². The van der Waals surface area contributed by atoms with Crippen molar-refractivity contribution in [3.8, 4) is 0 Å². The fourth-order valence-electron chi connectivity index (χ4n) is 3.31. The summed E-state index contributed by atoms with van der Waals surface area (Å²) in [6.07, 6.45) is 3.63. The zero-order valence-corrected chi connectivity index (χ0v) is 9.37. The van der Waals surface area contributed by atoms with Crippen LogP contribution in [-0.2, 0) is 0 Å². The third-order valence-corrected chi connectivity index (χ3v) is 4.93. The summed E-state index contributed by atoms with van der Waals surface area (Å²) in [5.74, 6) is 1.59. The molecule has 0 saturated heterocycles. The summed E-state index contributed by atoms with van der Waals surface area (Å²) in [5, 5.41) is 1.96. The first-order chi connectivity index (χ1) is 7.27. The van der Waals surface area contributed by atoms with Crippen LogP contribution in [0.25, 0.3) is 0 Å². The lowest BCUT2D eigenvalue weighted by molar-refractivity contribution is 0.0860. The van der Waals surface area contributed by atoms with Gasteiger partial charge in [0.2, 0.25) is 0 Å². The number of hydrogen-bond acceptors (Lipinski definition) is 3. The van der Waals surface area contributed by atoms with Crippen molar-refractivity contribution in [1.29, 1.82) is 0 Å². The molecule has 2 bridgehead atoms. The van der Waals surface area contributed by atoms with E-state index in [9.17, 15) is 4.79 Å². The van der Waals surface area contributed by atoms with Crippen LogP contribution in [-0.4, -0.2) is 11.8 Å². The van der Waals surface area contributed by atoms with Gasteiger partial charge in [-0.1, -0.05) is 6.07 Å². The van der Waals surface area contributed by atoms with Gasteiger partial charge in [0.15, 0.2) is 5.78 Å². The molecule has 4 unspecified atom stereocenters. The van der Waals surface area contributed by atoms with Crippen LogP contribution in [0.1, 0.15) is 28.9 Å². The second-order valence-electron chi connectivity index (χ2n) is 4.78. The molecule has 2 saturated carbocycles. The van der Waals surface area contributed by atoms with Crippen LogP contribution in [0.15, 0.2) is 17.5 Å². The molecule has 1 aromatic rings. The highest BCUT2D eigenvalue weighted by molar-refractivity contribution is 7.12. The number of hydrogen-bond donors (Lipinski definition) is 1. The maximum atomic E-state index is 12.2. The maximum absolute atomic E-state index is 12.2. The molecule has 3 rings (SSSR count). The van der Waals surface area contributed by atoms with Crippen LogP contribution in [0.5, 0.6) is 0 Å². The molecular formula is C12H15NOS. The first-order valence-electron chi connectivity index (χ1n) is 5.60. The Morgan fingerprint density at radius 1 is 1.40 bits per heavy atom. The number of carbonyl (C=O) groups excluding carboxylic acids is 1. The van der Waals surface area contributed by atoms with Crippen molar-refractivity contribution in [3.63, 3.8) is 0 Å². The molecule has 2 N–H and O–H groups in total. The predicted molar refractivity (Wildman–Crippen MR) is 60.9 cm³/mol. The van der Waals surface area contributed by atoms with E-state index in [4.69, 9.17) is 5.73 Å². The lowest BCUT2D eigenvalue weighted by Crippen LogP contribution is -2.40. The molecule has 2 fully saturated rings. The number of rotatable bonds is 2. The Balaban J connectivity index is 1.86. The monoisotopic (exact) mass is 221 g/mol. The summed E-state index contributed by atoms with van der Waals surface area (Å²) in [6.45, 7) is 0. The molecule has 1 heterocycles. The molecule has 15 heavy (non-hydrogen) atoms. The van der Waals surface area contributed by atoms with Gasteiger partial charge < -0.3 is 5.73 Å². The van der Waals surface area contributed by atoms with Crippen molar-refractivity contribution in [3.05, 3.63) is 22.4 Å². The lowest BCUT2D eigenvalue weighted by atomic mass is 9.82. The summed E-state index contributed by atoms with van der Waals surface area (Å²) in [4.78, 5) is 13.1. The predicted octanol–water partition coefficient (Wildman–Crippen LogP) is 2.30. The van der Waals surface area contributed by atoms with Gasteiger partial charge in [-0.25, -0.2) is 0 Å². The van der Waals surface area contributed by atoms with E-state index in [1.54, 1.807) is 11.3 Å². The normalized spacial score (nSPS) is 38.5. The Hall–Kier alpha value is -0.670. The number of fused-ring (bicyclic) bond motifs is 2. The van der Waals surface area contributed by atoms with Gasteiger partial charge in [-0.3, -0.25) is 4.79 Å². The fourth-order valence-corrected chi connectivity index (χ4v) is 4.02. The molecule has 0 aliphatic heterocycles. The van der Waals surface area contributed by atoms with Crippen molar-refractivity contribution in [1.82, 2.24) is 0 Å². The van der Waals surface area contributed by atoms with Crippen molar-refractivity contribution >= 4 is 17.1 Å². The molecular weight excluding hydrogens is 206 g/mol. The van der Waals surface area contributed by atoms with E-state index in [2.05, 4.69) is 0 Å². The van der Waals surface area contributed by atoms with Crippen molar-refractivity contribution in [2.45, 2.75) is 25.3 Å². The Bertz CT molecular complexity index is 371.